The summed E-state index contributed by atoms with van der Waals surface area (Å²) in [5.74, 6) is -0.217. The smallest absolute Gasteiger partial charge is 0.123 e. The van der Waals surface area contributed by atoms with Gasteiger partial charge in [-0.05, 0) is 48.9 Å². The van der Waals surface area contributed by atoms with Crippen molar-refractivity contribution in [1.29, 1.82) is 0 Å². The number of piperidine rings is 2. The molecule has 132 valence electrons. The average molecular weight is 339 g/mol. The standard InChI is InChI=1S/C22H26FNO/c23-19-11-9-17(10-12-19)13-22(25)14-20-7-4-8-21(15-22)24(20)16-18-5-2-1-3-6-18/h1-3,5-6,9-12,20-21,25H,4,7-8,13-16H2. The van der Waals surface area contributed by atoms with Gasteiger partial charge in [-0.25, -0.2) is 4.39 Å². The summed E-state index contributed by atoms with van der Waals surface area (Å²) >= 11 is 0. The van der Waals surface area contributed by atoms with Crippen LogP contribution in [0.25, 0.3) is 0 Å². The SMILES string of the molecule is OC1(Cc2ccc(F)cc2)CC2CCCC(C1)N2Cc1ccccc1. The zero-order valence-electron chi connectivity index (χ0n) is 14.6. The van der Waals surface area contributed by atoms with E-state index in [0.717, 1.165) is 37.8 Å². The maximum Gasteiger partial charge on any atom is 0.123 e. The first kappa shape index (κ1) is 16.7. The van der Waals surface area contributed by atoms with E-state index in [9.17, 15) is 9.50 Å². The van der Waals surface area contributed by atoms with E-state index >= 15 is 0 Å². The first-order valence-corrected chi connectivity index (χ1v) is 9.38. The molecule has 4 rings (SSSR count). The molecule has 2 atom stereocenters. The fourth-order valence-corrected chi connectivity index (χ4v) is 4.80. The molecule has 0 radical (unpaired) electrons. The fourth-order valence-electron chi connectivity index (χ4n) is 4.80. The zero-order valence-corrected chi connectivity index (χ0v) is 14.6. The molecule has 2 saturated heterocycles. The van der Waals surface area contributed by atoms with Gasteiger partial charge in [0.05, 0.1) is 5.60 Å². The van der Waals surface area contributed by atoms with E-state index in [2.05, 4.69) is 35.2 Å². The molecule has 0 amide bonds. The van der Waals surface area contributed by atoms with E-state index in [-0.39, 0.29) is 5.82 Å². The summed E-state index contributed by atoms with van der Waals surface area (Å²) in [4.78, 5) is 2.61. The highest BCUT2D eigenvalue weighted by Gasteiger charge is 2.45. The third kappa shape index (κ3) is 3.78. The number of rotatable bonds is 4. The number of nitrogens with zero attached hydrogens (tertiary/aromatic N) is 1. The van der Waals surface area contributed by atoms with E-state index in [0.29, 0.717) is 18.5 Å². The molecule has 2 unspecified atom stereocenters. The Morgan fingerprint density at radius 2 is 1.56 bits per heavy atom. The molecule has 2 fully saturated rings. The molecule has 2 aromatic carbocycles. The Labute approximate surface area is 149 Å². The van der Waals surface area contributed by atoms with Crippen molar-refractivity contribution in [3.8, 4) is 0 Å². The lowest BCUT2D eigenvalue weighted by Gasteiger charge is -2.52. The predicted molar refractivity (Wildman–Crippen MR) is 97.7 cm³/mol. The van der Waals surface area contributed by atoms with Gasteiger partial charge in [0.2, 0.25) is 0 Å². The normalized spacial score (nSPS) is 29.5. The van der Waals surface area contributed by atoms with Crippen LogP contribution >= 0.6 is 0 Å². The molecular weight excluding hydrogens is 313 g/mol. The van der Waals surface area contributed by atoms with Gasteiger partial charge >= 0.3 is 0 Å². The molecule has 2 nitrogen and oxygen atoms in total. The van der Waals surface area contributed by atoms with Crippen LogP contribution in [0.3, 0.4) is 0 Å². The largest absolute Gasteiger partial charge is 0.389 e. The summed E-state index contributed by atoms with van der Waals surface area (Å²) in [6, 6.07) is 18.1. The monoisotopic (exact) mass is 339 g/mol. The molecule has 0 aromatic heterocycles. The van der Waals surface area contributed by atoms with Crippen LogP contribution in [0, 0.1) is 5.82 Å². The van der Waals surface area contributed by atoms with Crippen LogP contribution < -0.4 is 0 Å². The van der Waals surface area contributed by atoms with Gasteiger partial charge in [0, 0.05) is 25.0 Å². The fraction of sp³-hybridized carbons (Fsp3) is 0.455. The Morgan fingerprint density at radius 3 is 2.20 bits per heavy atom. The molecular formula is C22H26FNO. The van der Waals surface area contributed by atoms with Crippen molar-refractivity contribution in [3.05, 3.63) is 71.5 Å². The highest BCUT2D eigenvalue weighted by atomic mass is 19.1. The molecule has 0 aliphatic carbocycles. The van der Waals surface area contributed by atoms with Crippen molar-refractivity contribution >= 4 is 0 Å². The van der Waals surface area contributed by atoms with Crippen molar-refractivity contribution in [3.63, 3.8) is 0 Å². The quantitative estimate of drug-likeness (QED) is 0.897. The van der Waals surface area contributed by atoms with E-state index in [4.69, 9.17) is 0 Å². The topological polar surface area (TPSA) is 23.5 Å². The lowest BCUT2D eigenvalue weighted by molar-refractivity contribution is -0.0946. The molecule has 2 aliphatic rings. The first-order chi connectivity index (χ1) is 12.1. The van der Waals surface area contributed by atoms with Crippen LogP contribution in [0.4, 0.5) is 4.39 Å². The Bertz CT molecular complexity index is 686. The van der Waals surface area contributed by atoms with Crippen LogP contribution in [0.5, 0.6) is 0 Å². The van der Waals surface area contributed by atoms with Gasteiger partial charge in [0.1, 0.15) is 5.82 Å². The second kappa shape index (κ2) is 6.89. The maximum absolute atomic E-state index is 13.1. The van der Waals surface area contributed by atoms with E-state index in [1.807, 2.05) is 0 Å². The lowest BCUT2D eigenvalue weighted by Crippen LogP contribution is -2.58. The molecule has 2 bridgehead atoms. The summed E-state index contributed by atoms with van der Waals surface area (Å²) in [6.45, 7) is 0.975. The minimum atomic E-state index is -0.666. The highest BCUT2D eigenvalue weighted by molar-refractivity contribution is 5.20. The molecule has 0 saturated carbocycles. The summed E-state index contributed by atoms with van der Waals surface area (Å²) in [5.41, 5.74) is 1.71. The number of hydrogen-bond acceptors (Lipinski definition) is 2. The van der Waals surface area contributed by atoms with Crippen molar-refractivity contribution in [1.82, 2.24) is 4.90 Å². The highest BCUT2D eigenvalue weighted by Crippen LogP contribution is 2.41. The van der Waals surface area contributed by atoms with Crippen LogP contribution in [-0.4, -0.2) is 27.7 Å². The number of aliphatic hydroxyl groups is 1. The van der Waals surface area contributed by atoms with Crippen molar-refractivity contribution in [2.24, 2.45) is 0 Å². The summed E-state index contributed by atoms with van der Waals surface area (Å²) in [6.07, 6.45) is 5.83. The molecule has 2 aromatic rings. The lowest BCUT2D eigenvalue weighted by atomic mass is 9.73. The number of halogens is 1. The van der Waals surface area contributed by atoms with Crippen LogP contribution in [0.1, 0.15) is 43.2 Å². The average Bonchev–Trinajstić information content (AvgIpc) is 2.59. The van der Waals surface area contributed by atoms with Crippen LogP contribution in [0.2, 0.25) is 0 Å². The minimum absolute atomic E-state index is 0.217. The van der Waals surface area contributed by atoms with Gasteiger partial charge in [-0.1, -0.05) is 48.9 Å². The molecule has 2 aliphatic heterocycles. The third-order valence-electron chi connectivity index (χ3n) is 5.90. The Kier molecular flexibility index (Phi) is 4.61. The third-order valence-corrected chi connectivity index (χ3v) is 5.90. The second-order valence-electron chi connectivity index (χ2n) is 7.83. The number of benzene rings is 2. The minimum Gasteiger partial charge on any atom is -0.389 e. The zero-order chi connectivity index (χ0) is 17.3. The molecule has 2 heterocycles. The van der Waals surface area contributed by atoms with Gasteiger partial charge < -0.3 is 5.11 Å². The second-order valence-corrected chi connectivity index (χ2v) is 7.83. The maximum atomic E-state index is 13.1. The van der Waals surface area contributed by atoms with Crippen molar-refractivity contribution in [2.45, 2.75) is 62.8 Å². The first-order valence-electron chi connectivity index (χ1n) is 9.38. The molecule has 0 spiro atoms. The van der Waals surface area contributed by atoms with E-state index in [1.165, 1.54) is 24.1 Å². The summed E-state index contributed by atoms with van der Waals surface area (Å²) in [5, 5.41) is 11.3. The predicted octanol–water partition coefficient (Wildman–Crippen LogP) is 4.32. The summed E-state index contributed by atoms with van der Waals surface area (Å²) in [7, 11) is 0. The van der Waals surface area contributed by atoms with Crippen molar-refractivity contribution in [2.75, 3.05) is 0 Å². The van der Waals surface area contributed by atoms with Gasteiger partial charge in [-0.3, -0.25) is 4.90 Å². The molecule has 1 N–H and O–H groups in total. The Morgan fingerprint density at radius 1 is 0.920 bits per heavy atom. The number of hydrogen-bond donors (Lipinski definition) is 1. The van der Waals surface area contributed by atoms with Gasteiger partial charge in [0.25, 0.3) is 0 Å². The van der Waals surface area contributed by atoms with Crippen LogP contribution in [0.15, 0.2) is 54.6 Å². The van der Waals surface area contributed by atoms with E-state index < -0.39 is 5.60 Å². The van der Waals surface area contributed by atoms with Crippen molar-refractivity contribution < 1.29 is 9.50 Å². The Balaban J connectivity index is 1.49. The Hall–Kier alpha value is -1.71. The number of fused-ring (bicyclic) bond motifs is 2. The van der Waals surface area contributed by atoms with Gasteiger partial charge in [-0.15, -0.1) is 0 Å². The van der Waals surface area contributed by atoms with Gasteiger partial charge in [0.15, 0.2) is 0 Å². The molecule has 3 heteroatoms. The van der Waals surface area contributed by atoms with E-state index in [1.54, 1.807) is 12.1 Å². The van der Waals surface area contributed by atoms with Gasteiger partial charge in [-0.2, -0.15) is 0 Å². The molecule has 25 heavy (non-hydrogen) atoms. The summed E-state index contributed by atoms with van der Waals surface area (Å²) < 4.78 is 13.1. The van der Waals surface area contributed by atoms with Crippen LogP contribution in [-0.2, 0) is 13.0 Å².